The van der Waals surface area contributed by atoms with Crippen LogP contribution in [0.5, 0.6) is 0 Å². The van der Waals surface area contributed by atoms with Crippen LogP contribution in [0, 0.1) is 36.3 Å². The number of likely N-dealkylation sites (N-methyl/N-ethyl adjacent to an activating group) is 2. The van der Waals surface area contributed by atoms with Gasteiger partial charge in [-0.15, -0.1) is 22.7 Å². The van der Waals surface area contributed by atoms with Crippen LogP contribution in [0.1, 0.15) is 186 Å². The summed E-state index contributed by atoms with van der Waals surface area (Å²) in [5.74, 6) is -7.82. The van der Waals surface area contributed by atoms with Gasteiger partial charge in [0.2, 0.25) is 52.5 Å². The number of aliphatic carboxylic acids is 1. The van der Waals surface area contributed by atoms with E-state index < -0.39 is 158 Å². The number of carboxylic acid groups (broad SMARTS) is 1. The number of aryl methyl sites for hydroxylation is 2. The fourth-order valence-electron chi connectivity index (χ4n) is 18.3. The number of amides is 9. The number of piperazine rings is 2. The molecular weight excluding hydrogens is 1930 g/mol. The summed E-state index contributed by atoms with van der Waals surface area (Å²) in [4.78, 5) is 182. The van der Waals surface area contributed by atoms with Gasteiger partial charge in [-0.05, 0) is 144 Å². The second-order valence-electron chi connectivity index (χ2n) is 39.7. The number of halogens is 8. The number of hydrogen-bond donors (Lipinski definition) is 12. The molecule has 0 bridgehead atoms. The number of β-amino-alcohol motifs (C(OH)–C–C–N with tert-alkyl or cyclic N) is 2. The average molecular weight is 2060 g/mol. The zero-order valence-electron chi connectivity index (χ0n) is 83.1. The Morgan fingerprint density at radius 1 is 0.524 bits per heavy atom. The van der Waals surface area contributed by atoms with Crippen LogP contribution in [-0.4, -0.2) is 259 Å². The molecule has 12 N–H and O–H groups in total. The van der Waals surface area contributed by atoms with E-state index in [0.717, 1.165) is 55.2 Å². The number of carboxylic acids is 1. The number of aliphatic hydroxyl groups excluding tert-OH is 2. The Morgan fingerprint density at radius 3 is 1.26 bits per heavy atom. The molecule has 4 aromatic heterocycles. The molecule has 0 spiro atoms. The quantitative estimate of drug-likeness (QED) is 0.0224. The lowest BCUT2D eigenvalue weighted by Gasteiger charge is -2.44. The summed E-state index contributed by atoms with van der Waals surface area (Å²) in [6, 6.07) is 17.9. The molecule has 9 amide bonds. The third-order valence-electron chi connectivity index (χ3n) is 26.9. The summed E-state index contributed by atoms with van der Waals surface area (Å²) in [7, 11) is 3.95. The van der Waals surface area contributed by atoms with Crippen molar-refractivity contribution in [2.45, 2.75) is 220 Å². The van der Waals surface area contributed by atoms with Crippen LogP contribution in [0.4, 0.5) is 57.9 Å². The van der Waals surface area contributed by atoms with Gasteiger partial charge in [0, 0.05) is 164 Å². The van der Waals surface area contributed by atoms with Gasteiger partial charge in [-0.2, -0.15) is 26.3 Å². The topological polar surface area (TPSA) is 430 Å². The van der Waals surface area contributed by atoms with E-state index in [1.54, 1.807) is 70.0 Å². The van der Waals surface area contributed by atoms with Crippen LogP contribution in [0.2, 0.25) is 0 Å². The monoisotopic (exact) mass is 2060 g/mol. The van der Waals surface area contributed by atoms with Crippen LogP contribution in [-0.2, 0) is 63.8 Å². The second-order valence-corrected chi connectivity index (χ2v) is 41.4. The number of hydrogen-bond acceptors (Lipinski definition) is 23. The molecular formula is C102H124F8N18O15S2. The van der Waals surface area contributed by atoms with Crippen LogP contribution >= 0.6 is 22.7 Å². The Bertz CT molecular complexity index is 6270. The molecule has 4 aromatic carbocycles. The van der Waals surface area contributed by atoms with Gasteiger partial charge in [-0.1, -0.05) is 102 Å². The van der Waals surface area contributed by atoms with Crippen LogP contribution in [0.15, 0.2) is 130 Å². The Morgan fingerprint density at radius 2 is 0.917 bits per heavy atom. The molecule has 14 rings (SSSR count). The van der Waals surface area contributed by atoms with Gasteiger partial charge in [-0.25, -0.2) is 18.7 Å². The van der Waals surface area contributed by atoms with Crippen LogP contribution < -0.4 is 58.1 Å². The highest BCUT2D eigenvalue weighted by Gasteiger charge is 2.48. The van der Waals surface area contributed by atoms with Crippen molar-refractivity contribution in [2.24, 2.45) is 10.8 Å². The van der Waals surface area contributed by atoms with E-state index in [0.29, 0.717) is 80.8 Å². The number of aromatic nitrogens is 4. The summed E-state index contributed by atoms with van der Waals surface area (Å²) in [6.45, 7) is 26.1. The van der Waals surface area contributed by atoms with Gasteiger partial charge in [0.1, 0.15) is 35.8 Å². The second kappa shape index (κ2) is 47.1. The summed E-state index contributed by atoms with van der Waals surface area (Å²) >= 11 is 3.10. The molecule has 10 heterocycles. The number of nitrogens with zero attached hydrogens (tertiary/aromatic N) is 9. The predicted molar refractivity (Wildman–Crippen MR) is 535 cm³/mol. The van der Waals surface area contributed by atoms with E-state index in [1.807, 2.05) is 120 Å². The highest BCUT2D eigenvalue weighted by molar-refractivity contribution is 7.13. The molecule has 8 aromatic rings. The van der Waals surface area contributed by atoms with Crippen molar-refractivity contribution in [3.8, 4) is 20.9 Å². The van der Waals surface area contributed by atoms with E-state index in [1.165, 1.54) is 50.3 Å². The number of aliphatic hydroxyl groups is 2. The van der Waals surface area contributed by atoms with Crippen molar-refractivity contribution >= 4 is 116 Å². The van der Waals surface area contributed by atoms with Gasteiger partial charge in [0.05, 0.1) is 95.8 Å². The first kappa shape index (κ1) is 111. The van der Waals surface area contributed by atoms with Gasteiger partial charge in [0.25, 0.3) is 11.8 Å². The first-order valence-electron chi connectivity index (χ1n) is 47.7. The zero-order chi connectivity index (χ0) is 106. The van der Waals surface area contributed by atoms with Gasteiger partial charge < -0.3 is 87.0 Å². The predicted octanol–water partition coefficient (Wildman–Crippen LogP) is 11.7. The number of carbonyl (C=O) groups is 10. The number of benzene rings is 4. The van der Waals surface area contributed by atoms with Crippen molar-refractivity contribution in [1.82, 2.24) is 71.0 Å². The minimum absolute atomic E-state index is 0.00686. The normalized spacial score (nSPS) is 20.0. The molecule has 43 heteroatoms. The van der Waals surface area contributed by atoms with Crippen molar-refractivity contribution < 1.29 is 98.4 Å². The molecule has 4 fully saturated rings. The van der Waals surface area contributed by atoms with E-state index >= 15 is 8.78 Å². The van der Waals surface area contributed by atoms with Gasteiger partial charge in [-0.3, -0.25) is 67.3 Å². The van der Waals surface area contributed by atoms with E-state index in [-0.39, 0.29) is 137 Å². The number of thiazole rings is 2. The van der Waals surface area contributed by atoms with E-state index in [4.69, 9.17) is 5.11 Å². The lowest BCUT2D eigenvalue weighted by molar-refractivity contribution is -0.144. The Labute approximate surface area is 841 Å². The largest absolute Gasteiger partial charge is 0.481 e. The molecule has 0 aliphatic carbocycles. The van der Waals surface area contributed by atoms with Crippen molar-refractivity contribution in [3.63, 3.8) is 0 Å². The first-order chi connectivity index (χ1) is 68.2. The van der Waals surface area contributed by atoms with Crippen molar-refractivity contribution in [2.75, 3.05) is 100.0 Å². The smallest absolute Gasteiger partial charge is 0.417 e. The van der Waals surface area contributed by atoms with Crippen LogP contribution in [0.25, 0.3) is 32.0 Å². The molecule has 0 unspecified atom stereocenters. The number of nitrogens with one attached hydrogen (secondary N) is 9. The minimum atomic E-state index is -5.02. The molecule has 145 heavy (non-hydrogen) atoms. The SMILES string of the molecule is C[C@@H]1CN(c2cc(F)c(C3=CCNCC3)cc2NC(=O)c2c[nH]c(=O)cc2C(F)(F)F)C[C@H](C)N1C.Cc1ncsc1-c1ccc(CNC(=O)[C@@H]2C[C@@H](O)CN2C(=O)[C@@H](NC(=O)CCC(=O)N2CC=C(c3cc(NC(=O)c4c[nH]c(=O)cc4C(F)(F)F)c(N4C[C@@H](C)N(C)[C@@H](C)C4)cc3F)CC2)C(C)(C)C)cc1.Cc1ncsc1-c1ccc(CNC(=O)[C@@H]2C[C@@H](O)CN2C(=O)[C@@H](NC(=O)CCC(=O)O)C(C)(C)C)cc1. The molecule has 6 aliphatic rings. The number of carbonyl (C=O) groups excluding carboxylic acids is 9. The van der Waals surface area contributed by atoms with Crippen molar-refractivity contribution in [3.05, 3.63) is 209 Å². The maximum absolute atomic E-state index is 16.2. The number of rotatable bonds is 26. The van der Waals surface area contributed by atoms with E-state index in [9.17, 15) is 94.1 Å². The summed E-state index contributed by atoms with van der Waals surface area (Å²) in [5.41, 5.74) is 3.91. The van der Waals surface area contributed by atoms with Crippen LogP contribution in [0.3, 0.4) is 0 Å². The van der Waals surface area contributed by atoms with Crippen molar-refractivity contribution in [1.29, 1.82) is 0 Å². The maximum atomic E-state index is 16.2. The highest BCUT2D eigenvalue weighted by Crippen LogP contribution is 2.42. The molecule has 4 saturated heterocycles. The molecule has 0 radical (unpaired) electrons. The number of anilines is 4. The summed E-state index contributed by atoms with van der Waals surface area (Å²) in [5, 5.41) is 49.2. The zero-order valence-corrected chi connectivity index (χ0v) is 84.7. The van der Waals surface area contributed by atoms with Gasteiger partial charge >= 0.3 is 18.3 Å². The maximum Gasteiger partial charge on any atom is 0.417 e. The number of aromatic amines is 2. The number of H-pyrrole nitrogens is 2. The number of pyridine rings is 2. The fraction of sp³-hybridized carbons (Fsp3) is 0.471. The Kier molecular flexibility index (Phi) is 36.0. The lowest BCUT2D eigenvalue weighted by atomic mass is 9.85. The minimum Gasteiger partial charge on any atom is -0.481 e. The summed E-state index contributed by atoms with van der Waals surface area (Å²) < 4.78 is 114. The molecule has 780 valence electrons. The molecule has 33 nitrogen and oxygen atoms in total. The number of alkyl halides is 6. The standard InChI is InChI=1S/C51H61F4N9O7S.C26H34N4O6S.C25H29F4N5O2/c1-28-24-63(25-29(2)61(28)7)40-21-38(52)35(19-39(40)59-47(69)36-23-56-43(67)20-37(36)51(53,54)55)32-14-16-62(17-15-32)44(68)13-12-42(66)60-46(50(4,5)6)49(71)64-26-34(65)18-41(64)48(70)57-22-31-8-10-33(11-9-31)45-30(3)58-27-72-45;1-15-22(37-14-28-15)17-7-5-16(6-8-17)12-27-24(35)19-11-18(31)13-30(19)25(36)23(26(2,3)4)29-20(32)9-10-21(33)34;1-14-12-34(13-15(2)33(14)3)22-10-20(26)17(16-4-6-30-7-5-16)8-21(22)32-24(36)18-11-31-23(35)9-19(18)25(27,28)29/h8-11,14,19-21,23,27-29,34,41,46,65H,12-13,15-18,22,24-26H2,1-7H3,(H,56,67)(H,57,70)(H,59,69)(H,60,66);5-8,14,18-19,23,31H,9-13H2,1-4H3,(H,27,35)(H,29,32)(H,33,34);4,8-11,14-15,30H,5-7,12-13H2,1-3H3,(H,31,35)(H,32,36)/t28-,29+,34-,41+,46-;18-,19+,23-;14-,15+/m11./s1. The number of likely N-dealkylation sites (tertiary alicyclic amines) is 2. The highest BCUT2D eigenvalue weighted by atomic mass is 32.1. The Balaban J connectivity index is 0.000000214. The first-order valence-corrected chi connectivity index (χ1v) is 49.5. The summed E-state index contributed by atoms with van der Waals surface area (Å²) in [6.07, 6.45) is -7.07. The lowest BCUT2D eigenvalue weighted by Crippen LogP contribution is -2.57. The Hall–Kier alpha value is -12.9. The molecule has 6 aliphatic heterocycles. The third kappa shape index (κ3) is 28.0. The molecule has 10 atom stereocenters. The van der Waals surface area contributed by atoms with E-state index in [2.05, 4.69) is 67.0 Å². The molecule has 0 saturated carbocycles. The average Bonchev–Trinajstić information content (AvgIpc) is 1.52. The van der Waals surface area contributed by atoms with Gasteiger partial charge in [0.15, 0.2) is 0 Å². The fourth-order valence-corrected chi connectivity index (χ4v) is 20.0. The third-order valence-corrected chi connectivity index (χ3v) is 28.8.